The van der Waals surface area contributed by atoms with Crippen LogP contribution in [0.3, 0.4) is 0 Å². The van der Waals surface area contributed by atoms with Crippen LogP contribution < -0.4 is 4.72 Å². The molecule has 118 valence electrons. The highest BCUT2D eigenvalue weighted by Crippen LogP contribution is 2.18. The van der Waals surface area contributed by atoms with E-state index in [0.29, 0.717) is 30.6 Å². The molecule has 1 aliphatic heterocycles. The molecule has 1 atom stereocenters. The summed E-state index contributed by atoms with van der Waals surface area (Å²) in [5.74, 6) is -0.187. The molecule has 0 aliphatic carbocycles. The topological polar surface area (TPSA) is 96.7 Å². The van der Waals surface area contributed by atoms with Gasteiger partial charge in [0.1, 0.15) is 6.33 Å². The second-order valence-electron chi connectivity index (χ2n) is 5.25. The molecule has 9 heteroatoms. The highest BCUT2D eigenvalue weighted by Gasteiger charge is 2.32. The second-order valence-corrected chi connectivity index (χ2v) is 7.41. The molecular formula is C13H17N5O3S. The lowest BCUT2D eigenvalue weighted by Crippen LogP contribution is -2.47. The monoisotopic (exact) mass is 323 g/mol. The van der Waals surface area contributed by atoms with Crippen molar-refractivity contribution in [2.24, 2.45) is 0 Å². The van der Waals surface area contributed by atoms with E-state index in [0.717, 1.165) is 0 Å². The first-order valence-electron chi connectivity index (χ1n) is 7.02. The van der Waals surface area contributed by atoms with Crippen molar-refractivity contribution < 1.29 is 13.2 Å². The predicted octanol–water partition coefficient (Wildman–Crippen LogP) is -0.117. The molecule has 1 amide bonds. The summed E-state index contributed by atoms with van der Waals surface area (Å²) in [4.78, 5) is 18.2. The summed E-state index contributed by atoms with van der Waals surface area (Å²) in [5.41, 5.74) is 1.13. The molecule has 1 aliphatic rings. The highest BCUT2D eigenvalue weighted by atomic mass is 32.2. The molecule has 1 unspecified atom stereocenters. The molecular weight excluding hydrogens is 306 g/mol. The van der Waals surface area contributed by atoms with Crippen molar-refractivity contribution in [3.63, 3.8) is 0 Å². The number of rotatable bonds is 3. The van der Waals surface area contributed by atoms with Crippen LogP contribution in [0.1, 0.15) is 23.2 Å². The number of sulfonamides is 1. The summed E-state index contributed by atoms with van der Waals surface area (Å²) in [6.45, 7) is 0.765. The van der Waals surface area contributed by atoms with Crippen LogP contribution in [-0.4, -0.2) is 59.2 Å². The molecule has 8 nitrogen and oxygen atoms in total. The molecule has 0 spiro atoms. The fraction of sp³-hybridized carbons (Fsp3) is 0.462. The van der Waals surface area contributed by atoms with E-state index in [2.05, 4.69) is 14.8 Å². The number of amides is 1. The largest absolute Gasteiger partial charge is 0.337 e. The molecule has 0 aromatic carbocycles. The van der Waals surface area contributed by atoms with Crippen LogP contribution in [0.4, 0.5) is 0 Å². The second kappa shape index (κ2) is 5.65. The van der Waals surface area contributed by atoms with E-state index < -0.39 is 15.3 Å². The lowest BCUT2D eigenvalue weighted by atomic mass is 10.1. The first kappa shape index (κ1) is 14.9. The minimum atomic E-state index is -3.37. The summed E-state index contributed by atoms with van der Waals surface area (Å²) >= 11 is 0. The van der Waals surface area contributed by atoms with Crippen LogP contribution in [0.25, 0.3) is 5.65 Å². The molecule has 3 rings (SSSR count). The molecule has 22 heavy (non-hydrogen) atoms. The van der Waals surface area contributed by atoms with Crippen molar-refractivity contribution in [1.29, 1.82) is 0 Å². The number of aromatic nitrogens is 3. The Morgan fingerprint density at radius 2 is 2.23 bits per heavy atom. The van der Waals surface area contributed by atoms with Gasteiger partial charge in [0.15, 0.2) is 5.65 Å². The maximum absolute atomic E-state index is 12.6. The van der Waals surface area contributed by atoms with E-state index >= 15 is 0 Å². The van der Waals surface area contributed by atoms with Crippen molar-refractivity contribution in [3.8, 4) is 0 Å². The Bertz CT molecular complexity index is 801. The van der Waals surface area contributed by atoms with Crippen molar-refractivity contribution in [1.82, 2.24) is 24.2 Å². The number of nitrogens with one attached hydrogen (secondary N) is 1. The molecule has 0 radical (unpaired) electrons. The van der Waals surface area contributed by atoms with Crippen molar-refractivity contribution in [2.45, 2.75) is 18.1 Å². The van der Waals surface area contributed by atoms with Crippen molar-refractivity contribution in [3.05, 3.63) is 30.2 Å². The van der Waals surface area contributed by atoms with Gasteiger partial charge in [0.2, 0.25) is 10.0 Å². The van der Waals surface area contributed by atoms with Gasteiger partial charge < -0.3 is 4.90 Å². The smallest absolute Gasteiger partial charge is 0.255 e. The third-order valence-corrected chi connectivity index (χ3v) is 5.74. The third-order valence-electron chi connectivity index (χ3n) is 3.91. The minimum absolute atomic E-state index is 0.187. The maximum Gasteiger partial charge on any atom is 0.255 e. The normalized spacial score (nSPS) is 19.5. The van der Waals surface area contributed by atoms with Crippen LogP contribution in [-0.2, 0) is 10.0 Å². The number of carbonyl (C=O) groups is 1. The number of piperidine rings is 1. The molecule has 1 fully saturated rings. The molecule has 2 aromatic rings. The third kappa shape index (κ3) is 2.69. The summed E-state index contributed by atoms with van der Waals surface area (Å²) in [6.07, 6.45) is 4.26. The van der Waals surface area contributed by atoms with Gasteiger partial charge in [-0.05, 0) is 32.0 Å². The van der Waals surface area contributed by atoms with Gasteiger partial charge in [-0.1, -0.05) is 0 Å². The Kier molecular flexibility index (Phi) is 3.83. The standard InChI is InChI=1S/C13H17N5O3S/c1-14-22(20,21)11-3-2-6-17(8-11)13(19)10-4-5-12-15-9-16-18(12)7-10/h4-5,7,9,11,14H,2-3,6,8H2,1H3. The van der Waals surface area contributed by atoms with Gasteiger partial charge in [0.25, 0.3) is 5.91 Å². The number of likely N-dealkylation sites (tertiary alicyclic amines) is 1. The quantitative estimate of drug-likeness (QED) is 0.849. The first-order chi connectivity index (χ1) is 10.5. The van der Waals surface area contributed by atoms with E-state index in [1.54, 1.807) is 23.2 Å². The van der Waals surface area contributed by atoms with Crippen LogP contribution in [0.15, 0.2) is 24.7 Å². The van der Waals surface area contributed by atoms with Crippen LogP contribution in [0.2, 0.25) is 0 Å². The fourth-order valence-corrected chi connectivity index (χ4v) is 3.86. The van der Waals surface area contributed by atoms with Crippen LogP contribution >= 0.6 is 0 Å². The van der Waals surface area contributed by atoms with E-state index in [9.17, 15) is 13.2 Å². The van der Waals surface area contributed by atoms with E-state index in [4.69, 9.17) is 0 Å². The number of hydrogen-bond donors (Lipinski definition) is 1. The van der Waals surface area contributed by atoms with Crippen LogP contribution in [0, 0.1) is 0 Å². The van der Waals surface area contributed by atoms with Crippen LogP contribution in [0.5, 0.6) is 0 Å². The number of pyridine rings is 1. The van der Waals surface area contributed by atoms with Gasteiger partial charge in [-0.25, -0.2) is 22.6 Å². The predicted molar refractivity (Wildman–Crippen MR) is 79.9 cm³/mol. The Morgan fingerprint density at radius 1 is 1.41 bits per heavy atom. The number of nitrogens with zero attached hydrogens (tertiary/aromatic N) is 4. The zero-order valence-corrected chi connectivity index (χ0v) is 13.0. The molecule has 2 aromatic heterocycles. The Labute approximate surface area is 128 Å². The Hall–Kier alpha value is -2.00. The molecule has 1 N–H and O–H groups in total. The zero-order chi connectivity index (χ0) is 15.7. The summed E-state index contributed by atoms with van der Waals surface area (Å²) in [6, 6.07) is 3.40. The van der Waals surface area contributed by atoms with Crippen molar-refractivity contribution >= 4 is 21.6 Å². The summed E-state index contributed by atoms with van der Waals surface area (Å²) in [5, 5.41) is 3.44. The maximum atomic E-state index is 12.6. The number of hydrogen-bond acceptors (Lipinski definition) is 5. The first-order valence-corrected chi connectivity index (χ1v) is 8.57. The molecule has 1 saturated heterocycles. The fourth-order valence-electron chi connectivity index (χ4n) is 2.67. The van der Waals surface area contributed by atoms with Gasteiger partial charge in [-0.2, -0.15) is 5.10 Å². The minimum Gasteiger partial charge on any atom is -0.337 e. The van der Waals surface area contributed by atoms with Gasteiger partial charge in [-0.15, -0.1) is 0 Å². The lowest BCUT2D eigenvalue weighted by molar-refractivity contribution is 0.0726. The van der Waals surface area contributed by atoms with Gasteiger partial charge >= 0.3 is 0 Å². The van der Waals surface area contributed by atoms with E-state index in [1.807, 2.05) is 0 Å². The van der Waals surface area contributed by atoms with E-state index in [-0.39, 0.29) is 12.5 Å². The van der Waals surface area contributed by atoms with E-state index in [1.165, 1.54) is 17.9 Å². The van der Waals surface area contributed by atoms with Gasteiger partial charge in [-0.3, -0.25) is 4.79 Å². The molecule has 3 heterocycles. The number of carbonyl (C=O) groups excluding carboxylic acids is 1. The molecule has 0 bridgehead atoms. The average Bonchev–Trinajstić information content (AvgIpc) is 3.01. The van der Waals surface area contributed by atoms with Gasteiger partial charge in [0.05, 0.1) is 10.8 Å². The summed E-state index contributed by atoms with van der Waals surface area (Å²) < 4.78 is 27.7. The number of fused-ring (bicyclic) bond motifs is 1. The average molecular weight is 323 g/mol. The Balaban J connectivity index is 1.82. The zero-order valence-electron chi connectivity index (χ0n) is 12.1. The van der Waals surface area contributed by atoms with Crippen molar-refractivity contribution in [2.75, 3.05) is 20.1 Å². The SMILES string of the molecule is CNS(=O)(=O)C1CCCN(C(=O)c2ccc3ncnn3c2)C1. The van der Waals surface area contributed by atoms with Gasteiger partial charge in [0, 0.05) is 19.3 Å². The lowest BCUT2D eigenvalue weighted by Gasteiger charge is -2.32. The molecule has 0 saturated carbocycles. The highest BCUT2D eigenvalue weighted by molar-refractivity contribution is 7.90. The summed E-state index contributed by atoms with van der Waals surface area (Å²) in [7, 11) is -1.97. The Morgan fingerprint density at radius 3 is 3.00 bits per heavy atom.